The third-order valence-electron chi connectivity index (χ3n) is 11.1. The van der Waals surface area contributed by atoms with Crippen molar-refractivity contribution >= 4 is 55.6 Å². The summed E-state index contributed by atoms with van der Waals surface area (Å²) in [5.74, 6) is 0.810. The zero-order chi connectivity index (χ0) is 33.0. The molecule has 2 aliphatic carbocycles. The fourth-order valence-corrected chi connectivity index (χ4v) is 11.9. The first kappa shape index (κ1) is 27.9. The maximum atomic E-state index is 16.7. The summed E-state index contributed by atoms with van der Waals surface area (Å²) in [5, 5.41) is 7.89. The normalized spacial score (nSPS) is 13.8. The van der Waals surface area contributed by atoms with Gasteiger partial charge in [-0.15, -0.1) is 0 Å². The van der Waals surface area contributed by atoms with E-state index in [1.807, 2.05) is 18.2 Å². The minimum atomic E-state index is -3.51. The Morgan fingerprint density at radius 1 is 0.460 bits per heavy atom. The van der Waals surface area contributed by atoms with E-state index in [2.05, 4.69) is 158 Å². The van der Waals surface area contributed by atoms with Gasteiger partial charge >= 0.3 is 0 Å². The minimum absolute atomic E-state index is 0.627. The maximum absolute atomic E-state index is 16.7. The van der Waals surface area contributed by atoms with E-state index in [1.165, 1.54) is 22.3 Å². The standard InChI is InChI=1S/C47H29O2P/c48-50(34-26-24-30-12-1-3-14-32(30)28-34,35-27-25-31-13-2-4-15-33(31)29-35)43-23-11-21-41-44(43)46-45(38-18-7-10-22-42(38)49-46)47(41)39-19-8-5-16-36(39)37-17-6-9-20-40(37)47/h1-29H. The monoisotopic (exact) mass is 656 g/mol. The zero-order valence-electron chi connectivity index (χ0n) is 27.0. The predicted octanol–water partition coefficient (Wildman–Crippen LogP) is 10.7. The van der Waals surface area contributed by atoms with Crippen molar-refractivity contribution in [2.24, 2.45) is 0 Å². The van der Waals surface area contributed by atoms with Gasteiger partial charge in [-0.2, -0.15) is 0 Å². The molecule has 3 heteroatoms. The van der Waals surface area contributed by atoms with Gasteiger partial charge in [0.25, 0.3) is 0 Å². The summed E-state index contributed by atoms with van der Waals surface area (Å²) in [5.41, 5.74) is 8.32. The summed E-state index contributed by atoms with van der Waals surface area (Å²) in [6, 6.07) is 61.6. The number of rotatable bonds is 3. The molecule has 0 amide bonds. The summed E-state index contributed by atoms with van der Waals surface area (Å²) < 4.78 is 23.7. The van der Waals surface area contributed by atoms with Crippen LogP contribution in [-0.2, 0) is 9.98 Å². The molecule has 11 rings (SSSR count). The quantitative estimate of drug-likeness (QED) is 0.177. The van der Waals surface area contributed by atoms with Gasteiger partial charge in [-0.05, 0) is 67.6 Å². The van der Waals surface area contributed by atoms with Crippen LogP contribution in [0.25, 0.3) is 55.0 Å². The lowest BCUT2D eigenvalue weighted by molar-refractivity contribution is 0.592. The smallest absolute Gasteiger partial charge is 0.171 e. The average Bonchev–Trinajstić information content (AvgIpc) is 3.81. The van der Waals surface area contributed by atoms with Gasteiger partial charge in [0.1, 0.15) is 11.3 Å². The van der Waals surface area contributed by atoms with Crippen molar-refractivity contribution in [1.82, 2.24) is 0 Å². The summed E-state index contributed by atoms with van der Waals surface area (Å²) in [7, 11) is -3.51. The second-order valence-corrected chi connectivity index (χ2v) is 16.2. The molecule has 234 valence electrons. The first-order valence-corrected chi connectivity index (χ1v) is 18.8. The SMILES string of the molecule is O=P(c1ccc2ccccc2c1)(c1ccc2ccccc2c1)c1cccc2c1-c1oc3ccccc3c1C21c2ccccc2-c2ccccc21. The van der Waals surface area contributed by atoms with E-state index in [1.54, 1.807) is 0 Å². The van der Waals surface area contributed by atoms with Gasteiger partial charge in [-0.1, -0.05) is 158 Å². The highest BCUT2D eigenvalue weighted by Crippen LogP contribution is 2.65. The molecular formula is C47H29O2P. The molecule has 50 heavy (non-hydrogen) atoms. The van der Waals surface area contributed by atoms with Crippen LogP contribution in [0.5, 0.6) is 0 Å². The van der Waals surface area contributed by atoms with Gasteiger partial charge in [0.2, 0.25) is 0 Å². The molecule has 0 unspecified atom stereocenters. The van der Waals surface area contributed by atoms with E-state index < -0.39 is 12.6 Å². The molecule has 0 saturated heterocycles. The van der Waals surface area contributed by atoms with Gasteiger partial charge in [-0.3, -0.25) is 0 Å². The molecule has 2 nitrogen and oxygen atoms in total. The molecule has 0 aliphatic heterocycles. The molecule has 2 aliphatic rings. The number of benzene rings is 8. The van der Waals surface area contributed by atoms with Crippen molar-refractivity contribution in [2.75, 3.05) is 0 Å². The summed E-state index contributed by atoms with van der Waals surface area (Å²) in [4.78, 5) is 0. The van der Waals surface area contributed by atoms with Gasteiger partial charge in [0.15, 0.2) is 7.14 Å². The lowest BCUT2D eigenvalue weighted by Gasteiger charge is -2.30. The van der Waals surface area contributed by atoms with Crippen molar-refractivity contribution in [3.8, 4) is 22.5 Å². The Labute approximate surface area is 289 Å². The topological polar surface area (TPSA) is 30.2 Å². The second-order valence-electron chi connectivity index (χ2n) is 13.5. The Morgan fingerprint density at radius 2 is 0.980 bits per heavy atom. The molecule has 0 atom stereocenters. The van der Waals surface area contributed by atoms with E-state index in [4.69, 9.17) is 4.42 Å². The molecule has 0 saturated carbocycles. The van der Waals surface area contributed by atoms with E-state index in [0.717, 1.165) is 70.9 Å². The number of hydrogen-bond donors (Lipinski definition) is 0. The third kappa shape index (κ3) is 3.46. The van der Waals surface area contributed by atoms with E-state index in [-0.39, 0.29) is 0 Å². The van der Waals surface area contributed by atoms with Crippen LogP contribution < -0.4 is 15.9 Å². The van der Waals surface area contributed by atoms with Crippen LogP contribution in [0, 0.1) is 0 Å². The van der Waals surface area contributed by atoms with Crippen LogP contribution in [0.4, 0.5) is 0 Å². The summed E-state index contributed by atoms with van der Waals surface area (Å²) >= 11 is 0. The fourth-order valence-electron chi connectivity index (χ4n) is 9.05. The van der Waals surface area contributed by atoms with Gasteiger partial charge < -0.3 is 8.98 Å². The first-order valence-electron chi connectivity index (χ1n) is 17.1. The van der Waals surface area contributed by atoms with Gasteiger partial charge in [0, 0.05) is 32.4 Å². The Kier molecular flexibility index (Phi) is 5.61. The Hall–Kier alpha value is -5.95. The highest BCUT2D eigenvalue weighted by molar-refractivity contribution is 7.85. The number of para-hydroxylation sites is 1. The largest absolute Gasteiger partial charge is 0.456 e. The summed E-state index contributed by atoms with van der Waals surface area (Å²) in [6.45, 7) is 0. The van der Waals surface area contributed by atoms with Crippen molar-refractivity contribution < 1.29 is 8.98 Å². The highest BCUT2D eigenvalue weighted by atomic mass is 31.2. The van der Waals surface area contributed by atoms with Crippen molar-refractivity contribution in [2.45, 2.75) is 5.41 Å². The van der Waals surface area contributed by atoms with Crippen LogP contribution in [0.2, 0.25) is 0 Å². The van der Waals surface area contributed by atoms with Crippen LogP contribution in [-0.4, -0.2) is 0 Å². The molecule has 0 N–H and O–H groups in total. The minimum Gasteiger partial charge on any atom is -0.456 e. The number of furan rings is 1. The predicted molar refractivity (Wildman–Crippen MR) is 207 cm³/mol. The molecular weight excluding hydrogens is 627 g/mol. The lowest BCUT2D eigenvalue weighted by atomic mass is 9.70. The van der Waals surface area contributed by atoms with Gasteiger partial charge in [-0.25, -0.2) is 0 Å². The molecule has 1 aromatic heterocycles. The van der Waals surface area contributed by atoms with Crippen molar-refractivity contribution in [3.63, 3.8) is 0 Å². The Morgan fingerprint density at radius 3 is 1.62 bits per heavy atom. The summed E-state index contributed by atoms with van der Waals surface area (Å²) in [6.07, 6.45) is 0. The highest BCUT2D eigenvalue weighted by Gasteiger charge is 2.55. The molecule has 1 spiro atoms. The van der Waals surface area contributed by atoms with E-state index >= 15 is 4.57 Å². The molecule has 1 heterocycles. The molecule has 0 bridgehead atoms. The molecule has 8 aromatic carbocycles. The second kappa shape index (κ2) is 10.0. The van der Waals surface area contributed by atoms with Crippen LogP contribution >= 0.6 is 7.14 Å². The third-order valence-corrected chi connectivity index (χ3v) is 14.2. The van der Waals surface area contributed by atoms with Crippen molar-refractivity contribution in [1.29, 1.82) is 0 Å². The zero-order valence-corrected chi connectivity index (χ0v) is 27.9. The van der Waals surface area contributed by atoms with E-state index in [0.29, 0.717) is 0 Å². The number of fused-ring (bicyclic) bond motifs is 14. The number of hydrogen-bond acceptors (Lipinski definition) is 2. The lowest BCUT2D eigenvalue weighted by Crippen LogP contribution is -2.29. The maximum Gasteiger partial charge on any atom is 0.171 e. The van der Waals surface area contributed by atoms with Crippen LogP contribution in [0.15, 0.2) is 180 Å². The molecule has 0 radical (unpaired) electrons. The molecule has 9 aromatic rings. The average molecular weight is 657 g/mol. The fraction of sp³-hybridized carbons (Fsp3) is 0.0213. The van der Waals surface area contributed by atoms with Gasteiger partial charge in [0.05, 0.1) is 5.41 Å². The van der Waals surface area contributed by atoms with Crippen molar-refractivity contribution in [3.05, 3.63) is 198 Å². The first-order chi connectivity index (χ1) is 24.7. The Balaban J connectivity index is 1.31. The van der Waals surface area contributed by atoms with Crippen LogP contribution in [0.1, 0.15) is 22.3 Å². The van der Waals surface area contributed by atoms with E-state index in [9.17, 15) is 0 Å². The van der Waals surface area contributed by atoms with Crippen LogP contribution in [0.3, 0.4) is 0 Å². The Bertz CT molecular complexity index is 2800. The molecule has 0 fully saturated rings.